The number of nitrogens with zero attached hydrogens (tertiary/aromatic N) is 1. The van der Waals surface area contributed by atoms with Gasteiger partial charge in [-0.1, -0.05) is 24.3 Å². The Morgan fingerprint density at radius 2 is 2.11 bits per heavy atom. The van der Waals surface area contributed by atoms with E-state index in [1.165, 1.54) is 6.07 Å². The second kappa shape index (κ2) is 4.48. The van der Waals surface area contributed by atoms with E-state index in [9.17, 15) is 4.39 Å². The topological polar surface area (TPSA) is 54.7 Å². The Hall–Kier alpha value is -2.20. The zero-order chi connectivity index (χ0) is 13.4. The molecule has 4 heteroatoms. The minimum atomic E-state index is -0.225. The summed E-state index contributed by atoms with van der Waals surface area (Å²) in [5, 5.41) is 0. The monoisotopic (exact) mass is 255 g/mol. The van der Waals surface area contributed by atoms with Gasteiger partial charge in [0.25, 0.3) is 0 Å². The Morgan fingerprint density at radius 1 is 1.26 bits per heavy atom. The Morgan fingerprint density at radius 3 is 2.84 bits per heavy atom. The first-order valence-electron chi connectivity index (χ1n) is 6.13. The second-order valence-corrected chi connectivity index (χ2v) is 4.57. The van der Waals surface area contributed by atoms with Crippen LogP contribution in [0, 0.1) is 12.7 Å². The number of benzene rings is 2. The lowest BCUT2D eigenvalue weighted by Crippen LogP contribution is -1.96. The van der Waals surface area contributed by atoms with E-state index in [1.54, 1.807) is 13.0 Å². The first kappa shape index (κ1) is 11.9. The molecule has 0 fully saturated rings. The van der Waals surface area contributed by atoms with Gasteiger partial charge in [0.2, 0.25) is 0 Å². The third kappa shape index (κ3) is 2.00. The van der Waals surface area contributed by atoms with Crippen molar-refractivity contribution in [2.45, 2.75) is 13.5 Å². The molecule has 1 heterocycles. The molecule has 0 atom stereocenters. The normalized spacial score (nSPS) is 11.1. The number of aryl methyl sites for hydroxylation is 1. The van der Waals surface area contributed by atoms with Crippen LogP contribution in [0.5, 0.6) is 0 Å². The number of hydrogen-bond donors (Lipinski definition) is 2. The number of H-pyrrole nitrogens is 1. The number of aromatic nitrogens is 2. The highest BCUT2D eigenvalue weighted by molar-refractivity contribution is 5.82. The van der Waals surface area contributed by atoms with Gasteiger partial charge < -0.3 is 10.7 Å². The SMILES string of the molecule is Cc1ccc(-c2nc3c(CN)cccc3[nH]2)cc1F. The van der Waals surface area contributed by atoms with Crippen LogP contribution in [0.1, 0.15) is 11.1 Å². The van der Waals surface area contributed by atoms with E-state index in [1.807, 2.05) is 24.3 Å². The molecule has 3 nitrogen and oxygen atoms in total. The average Bonchev–Trinajstić information content (AvgIpc) is 2.85. The highest BCUT2D eigenvalue weighted by Gasteiger charge is 2.09. The number of rotatable bonds is 2. The summed E-state index contributed by atoms with van der Waals surface area (Å²) in [7, 11) is 0. The van der Waals surface area contributed by atoms with Gasteiger partial charge in [0.05, 0.1) is 11.0 Å². The molecule has 2 aromatic carbocycles. The fourth-order valence-corrected chi connectivity index (χ4v) is 2.13. The van der Waals surface area contributed by atoms with E-state index in [-0.39, 0.29) is 5.82 Å². The zero-order valence-electron chi connectivity index (χ0n) is 10.6. The summed E-state index contributed by atoms with van der Waals surface area (Å²) in [6.07, 6.45) is 0. The molecule has 0 aliphatic carbocycles. The second-order valence-electron chi connectivity index (χ2n) is 4.57. The van der Waals surface area contributed by atoms with Crippen LogP contribution in [-0.4, -0.2) is 9.97 Å². The molecule has 0 bridgehead atoms. The van der Waals surface area contributed by atoms with Gasteiger partial charge >= 0.3 is 0 Å². The number of halogens is 1. The Kier molecular flexibility index (Phi) is 2.80. The van der Waals surface area contributed by atoms with Crippen molar-refractivity contribution >= 4 is 11.0 Å². The van der Waals surface area contributed by atoms with E-state index in [0.29, 0.717) is 17.9 Å². The van der Waals surface area contributed by atoms with Gasteiger partial charge in [-0.15, -0.1) is 0 Å². The lowest BCUT2D eigenvalue weighted by atomic mass is 10.1. The largest absolute Gasteiger partial charge is 0.338 e. The number of nitrogens with two attached hydrogens (primary N) is 1. The van der Waals surface area contributed by atoms with Gasteiger partial charge in [-0.3, -0.25) is 0 Å². The zero-order valence-corrected chi connectivity index (χ0v) is 10.6. The molecule has 0 radical (unpaired) electrons. The summed E-state index contributed by atoms with van der Waals surface area (Å²) in [5.74, 6) is 0.437. The van der Waals surface area contributed by atoms with Gasteiger partial charge in [0, 0.05) is 12.1 Å². The van der Waals surface area contributed by atoms with E-state index in [0.717, 1.165) is 22.2 Å². The van der Waals surface area contributed by atoms with Gasteiger partial charge in [-0.25, -0.2) is 9.37 Å². The number of nitrogens with one attached hydrogen (secondary N) is 1. The first-order valence-corrected chi connectivity index (χ1v) is 6.13. The summed E-state index contributed by atoms with van der Waals surface area (Å²) < 4.78 is 13.6. The molecule has 0 amide bonds. The van der Waals surface area contributed by atoms with Crippen LogP contribution in [0.15, 0.2) is 36.4 Å². The standard InChI is InChI=1S/C15H14FN3/c1-9-5-6-10(7-12(9)16)15-18-13-4-2-3-11(8-17)14(13)19-15/h2-7H,8,17H2,1H3,(H,18,19). The summed E-state index contributed by atoms with van der Waals surface area (Å²) in [6.45, 7) is 2.17. The third-order valence-electron chi connectivity index (χ3n) is 3.26. The number of imidazole rings is 1. The van der Waals surface area contributed by atoms with Crippen LogP contribution in [0.2, 0.25) is 0 Å². The molecule has 3 N–H and O–H groups in total. The highest BCUT2D eigenvalue weighted by Crippen LogP contribution is 2.24. The molecule has 19 heavy (non-hydrogen) atoms. The minimum absolute atomic E-state index is 0.225. The number of hydrogen-bond acceptors (Lipinski definition) is 2. The van der Waals surface area contributed by atoms with Crippen molar-refractivity contribution in [3.8, 4) is 11.4 Å². The van der Waals surface area contributed by atoms with Crippen LogP contribution < -0.4 is 5.73 Å². The van der Waals surface area contributed by atoms with Crippen molar-refractivity contribution in [1.82, 2.24) is 9.97 Å². The predicted molar refractivity (Wildman–Crippen MR) is 74.1 cm³/mol. The Balaban J connectivity index is 2.17. The first-order chi connectivity index (χ1) is 9.19. The maximum absolute atomic E-state index is 13.6. The molecule has 3 aromatic rings. The Bertz CT molecular complexity index is 746. The molecular formula is C15H14FN3. The van der Waals surface area contributed by atoms with Crippen molar-refractivity contribution in [3.63, 3.8) is 0 Å². The minimum Gasteiger partial charge on any atom is -0.338 e. The van der Waals surface area contributed by atoms with Gasteiger partial charge in [0.15, 0.2) is 0 Å². The van der Waals surface area contributed by atoms with Gasteiger partial charge in [0.1, 0.15) is 11.6 Å². The fraction of sp³-hybridized carbons (Fsp3) is 0.133. The molecule has 0 saturated heterocycles. The molecule has 3 rings (SSSR count). The van der Waals surface area contributed by atoms with Crippen LogP contribution >= 0.6 is 0 Å². The molecule has 0 aliphatic heterocycles. The van der Waals surface area contributed by atoms with Crippen LogP contribution in [0.4, 0.5) is 4.39 Å². The van der Waals surface area contributed by atoms with Crippen LogP contribution in [-0.2, 0) is 6.54 Å². The predicted octanol–water partition coefficient (Wildman–Crippen LogP) is 3.14. The maximum atomic E-state index is 13.6. The number of para-hydroxylation sites is 1. The lowest BCUT2D eigenvalue weighted by Gasteiger charge is -1.99. The Labute approximate surface area is 110 Å². The summed E-state index contributed by atoms with van der Waals surface area (Å²) in [6, 6.07) is 10.9. The highest BCUT2D eigenvalue weighted by atomic mass is 19.1. The van der Waals surface area contributed by atoms with Crippen molar-refractivity contribution in [2.24, 2.45) is 5.73 Å². The smallest absolute Gasteiger partial charge is 0.138 e. The van der Waals surface area contributed by atoms with E-state index in [4.69, 9.17) is 5.73 Å². The number of aromatic amines is 1. The molecule has 0 aliphatic rings. The van der Waals surface area contributed by atoms with Crippen LogP contribution in [0.25, 0.3) is 22.4 Å². The fourth-order valence-electron chi connectivity index (χ4n) is 2.13. The number of fused-ring (bicyclic) bond motifs is 1. The van der Waals surface area contributed by atoms with Crippen molar-refractivity contribution in [3.05, 3.63) is 53.3 Å². The molecule has 1 aromatic heterocycles. The maximum Gasteiger partial charge on any atom is 0.138 e. The molecule has 0 spiro atoms. The van der Waals surface area contributed by atoms with E-state index in [2.05, 4.69) is 9.97 Å². The van der Waals surface area contributed by atoms with Crippen LogP contribution in [0.3, 0.4) is 0 Å². The van der Waals surface area contributed by atoms with Crippen molar-refractivity contribution in [1.29, 1.82) is 0 Å². The molecular weight excluding hydrogens is 241 g/mol. The molecule has 0 unspecified atom stereocenters. The van der Waals surface area contributed by atoms with E-state index >= 15 is 0 Å². The van der Waals surface area contributed by atoms with E-state index < -0.39 is 0 Å². The van der Waals surface area contributed by atoms with Gasteiger partial charge in [-0.05, 0) is 30.2 Å². The summed E-state index contributed by atoms with van der Waals surface area (Å²) >= 11 is 0. The third-order valence-corrected chi connectivity index (χ3v) is 3.26. The summed E-state index contributed by atoms with van der Waals surface area (Å²) in [4.78, 5) is 7.72. The van der Waals surface area contributed by atoms with Gasteiger partial charge in [-0.2, -0.15) is 0 Å². The lowest BCUT2D eigenvalue weighted by molar-refractivity contribution is 0.619. The van der Waals surface area contributed by atoms with Crippen molar-refractivity contribution in [2.75, 3.05) is 0 Å². The molecule has 0 saturated carbocycles. The summed E-state index contributed by atoms with van der Waals surface area (Å²) in [5.41, 5.74) is 9.80. The quantitative estimate of drug-likeness (QED) is 0.739. The average molecular weight is 255 g/mol. The molecule has 96 valence electrons. The van der Waals surface area contributed by atoms with Crippen molar-refractivity contribution < 1.29 is 4.39 Å².